The first kappa shape index (κ1) is 16.6. The Kier molecular flexibility index (Phi) is 5.87. The summed E-state index contributed by atoms with van der Waals surface area (Å²) in [5.41, 5.74) is 5.18. The number of phenolic OH excluding ortho intramolecular Hbond substituents is 1. The van der Waals surface area contributed by atoms with Crippen LogP contribution in [0.4, 0.5) is 13.2 Å². The lowest BCUT2D eigenvalue weighted by Gasteiger charge is -2.17. The Labute approximate surface area is 112 Å². The van der Waals surface area contributed by atoms with Gasteiger partial charge in [0, 0.05) is 16.6 Å². The van der Waals surface area contributed by atoms with Gasteiger partial charge in [0.15, 0.2) is 0 Å². The summed E-state index contributed by atoms with van der Waals surface area (Å²) in [5.74, 6) is -0.436. The first-order chi connectivity index (χ1) is 7.20. The molecule has 0 saturated carbocycles. The Morgan fingerprint density at radius 1 is 1.29 bits per heavy atom. The van der Waals surface area contributed by atoms with Crippen molar-refractivity contribution in [2.75, 3.05) is 0 Å². The topological polar surface area (TPSA) is 46.2 Å². The molecule has 0 radical (unpaired) electrons. The third-order valence-electron chi connectivity index (χ3n) is 1.89. The van der Waals surface area contributed by atoms with Gasteiger partial charge >= 0.3 is 6.18 Å². The lowest BCUT2D eigenvalue weighted by Crippen LogP contribution is -2.20. The van der Waals surface area contributed by atoms with Gasteiger partial charge in [0.1, 0.15) is 5.75 Å². The van der Waals surface area contributed by atoms with E-state index < -0.39 is 24.4 Å². The van der Waals surface area contributed by atoms with Crippen LogP contribution in [0.2, 0.25) is 10.0 Å². The minimum Gasteiger partial charge on any atom is -0.508 e. The van der Waals surface area contributed by atoms with Crippen LogP contribution in [0.15, 0.2) is 12.1 Å². The van der Waals surface area contributed by atoms with Crippen molar-refractivity contribution in [3.63, 3.8) is 0 Å². The van der Waals surface area contributed by atoms with Crippen molar-refractivity contribution in [3.8, 4) is 5.75 Å². The summed E-state index contributed by atoms with van der Waals surface area (Å²) in [6.07, 6.45) is -5.68. The van der Waals surface area contributed by atoms with E-state index >= 15 is 0 Å². The molecule has 0 aliphatic rings. The maximum Gasteiger partial charge on any atom is 0.390 e. The summed E-state index contributed by atoms with van der Waals surface area (Å²) in [6.45, 7) is 0. The molecule has 0 amide bonds. The van der Waals surface area contributed by atoms with E-state index in [9.17, 15) is 18.3 Å². The summed E-state index contributed by atoms with van der Waals surface area (Å²) in [6, 6.07) is 0.915. The van der Waals surface area contributed by atoms with Crippen molar-refractivity contribution in [2.24, 2.45) is 5.73 Å². The highest BCUT2D eigenvalue weighted by atomic mass is 35.5. The lowest BCUT2D eigenvalue weighted by molar-refractivity contribution is -0.138. The molecule has 0 aliphatic carbocycles. The molecule has 3 N–H and O–H groups in total. The first-order valence-electron chi connectivity index (χ1n) is 4.21. The highest BCUT2D eigenvalue weighted by Crippen LogP contribution is 2.38. The molecule has 0 unspecified atom stereocenters. The Balaban J connectivity index is 0.00000256. The predicted octanol–water partition coefficient (Wildman–Crippen LogP) is 4.07. The molecule has 0 heterocycles. The second-order valence-electron chi connectivity index (χ2n) is 3.25. The third kappa shape index (κ3) is 4.79. The number of alkyl halides is 3. The van der Waals surface area contributed by atoms with Gasteiger partial charge in [0.25, 0.3) is 0 Å². The fraction of sp³-hybridized carbons (Fsp3) is 0.333. The SMILES string of the molecule is Cl.N[C@@H](CC(F)(F)F)c1c(O)cc(Cl)cc1Cl. The molecule has 0 aliphatic heterocycles. The Morgan fingerprint density at radius 3 is 2.24 bits per heavy atom. The fourth-order valence-electron chi connectivity index (χ4n) is 1.29. The zero-order valence-electron chi connectivity index (χ0n) is 8.26. The molecular weight excluding hydrogens is 301 g/mol. The van der Waals surface area contributed by atoms with Crippen LogP contribution in [-0.4, -0.2) is 11.3 Å². The van der Waals surface area contributed by atoms with E-state index in [1.165, 1.54) is 6.07 Å². The van der Waals surface area contributed by atoms with Crippen LogP contribution in [0.1, 0.15) is 18.0 Å². The van der Waals surface area contributed by atoms with E-state index in [0.717, 1.165) is 6.07 Å². The summed E-state index contributed by atoms with van der Waals surface area (Å²) in [5, 5.41) is 9.47. The van der Waals surface area contributed by atoms with Crippen LogP contribution >= 0.6 is 35.6 Å². The molecule has 17 heavy (non-hydrogen) atoms. The minimum atomic E-state index is -4.42. The number of nitrogens with two attached hydrogens (primary N) is 1. The number of rotatable bonds is 2. The number of halogens is 6. The Bertz CT molecular complexity index is 375. The average Bonchev–Trinajstić information content (AvgIpc) is 1.96. The standard InChI is InChI=1S/C9H8Cl2F3NO.ClH/c10-4-1-5(11)8(7(16)2-4)6(15)3-9(12,13)14;/h1-2,6,16H,3,15H2;1H/t6-;/m0./s1. The van der Waals surface area contributed by atoms with Gasteiger partial charge in [0.2, 0.25) is 0 Å². The highest BCUT2D eigenvalue weighted by molar-refractivity contribution is 6.35. The maximum atomic E-state index is 12.1. The van der Waals surface area contributed by atoms with Crippen LogP contribution in [0.3, 0.4) is 0 Å². The molecule has 0 fully saturated rings. The first-order valence-corrected chi connectivity index (χ1v) is 4.96. The van der Waals surface area contributed by atoms with Crippen LogP contribution in [0, 0.1) is 0 Å². The van der Waals surface area contributed by atoms with Crippen LogP contribution in [0.25, 0.3) is 0 Å². The molecule has 8 heteroatoms. The molecule has 98 valence electrons. The van der Waals surface area contributed by atoms with Gasteiger partial charge in [-0.1, -0.05) is 23.2 Å². The normalized spacial score (nSPS) is 13.1. The molecule has 1 atom stereocenters. The Hall–Kier alpha value is -0.360. The molecule has 0 saturated heterocycles. The number of phenols is 1. The predicted molar refractivity (Wildman–Crippen MR) is 63.0 cm³/mol. The van der Waals surface area contributed by atoms with Crippen molar-refractivity contribution >= 4 is 35.6 Å². The molecule has 1 rings (SSSR count). The zero-order chi connectivity index (χ0) is 12.5. The maximum absolute atomic E-state index is 12.1. The van der Waals surface area contributed by atoms with E-state index in [2.05, 4.69) is 0 Å². The minimum absolute atomic E-state index is 0. The highest BCUT2D eigenvalue weighted by Gasteiger charge is 2.32. The largest absolute Gasteiger partial charge is 0.508 e. The van der Waals surface area contributed by atoms with E-state index in [0.29, 0.717) is 0 Å². The summed E-state index contributed by atoms with van der Waals surface area (Å²) < 4.78 is 36.3. The lowest BCUT2D eigenvalue weighted by atomic mass is 10.0. The van der Waals surface area contributed by atoms with Gasteiger partial charge in [-0.25, -0.2) is 0 Å². The third-order valence-corrected chi connectivity index (χ3v) is 2.43. The molecule has 0 bridgehead atoms. The average molecular weight is 311 g/mol. The summed E-state index contributed by atoms with van der Waals surface area (Å²) in [7, 11) is 0. The second-order valence-corrected chi connectivity index (χ2v) is 4.09. The summed E-state index contributed by atoms with van der Waals surface area (Å²) >= 11 is 11.2. The molecule has 1 aromatic carbocycles. The second kappa shape index (κ2) is 6.00. The zero-order valence-corrected chi connectivity index (χ0v) is 10.6. The van der Waals surface area contributed by atoms with Gasteiger partial charge in [-0.05, 0) is 12.1 Å². The van der Waals surface area contributed by atoms with Crippen molar-refractivity contribution < 1.29 is 18.3 Å². The molecular formula is C9H9Cl3F3NO. The van der Waals surface area contributed by atoms with Crippen molar-refractivity contribution in [1.29, 1.82) is 0 Å². The molecule has 1 aromatic rings. The van der Waals surface area contributed by atoms with E-state index in [1.54, 1.807) is 0 Å². The van der Waals surface area contributed by atoms with Crippen molar-refractivity contribution in [2.45, 2.75) is 18.6 Å². The van der Waals surface area contributed by atoms with Gasteiger partial charge in [0.05, 0.1) is 11.4 Å². The van der Waals surface area contributed by atoms with Gasteiger partial charge < -0.3 is 10.8 Å². The number of benzene rings is 1. The van der Waals surface area contributed by atoms with Crippen LogP contribution in [0.5, 0.6) is 5.75 Å². The number of hydrogen-bond acceptors (Lipinski definition) is 2. The number of aromatic hydroxyl groups is 1. The molecule has 0 spiro atoms. The van der Waals surface area contributed by atoms with Crippen LogP contribution < -0.4 is 5.73 Å². The van der Waals surface area contributed by atoms with Crippen molar-refractivity contribution in [1.82, 2.24) is 0 Å². The summed E-state index contributed by atoms with van der Waals surface area (Å²) in [4.78, 5) is 0. The monoisotopic (exact) mass is 309 g/mol. The molecule has 0 aromatic heterocycles. The smallest absolute Gasteiger partial charge is 0.390 e. The van der Waals surface area contributed by atoms with E-state index in [-0.39, 0.29) is 28.0 Å². The Morgan fingerprint density at radius 2 is 1.82 bits per heavy atom. The van der Waals surface area contributed by atoms with Crippen LogP contribution in [-0.2, 0) is 0 Å². The van der Waals surface area contributed by atoms with E-state index in [4.69, 9.17) is 28.9 Å². The van der Waals surface area contributed by atoms with Crippen molar-refractivity contribution in [3.05, 3.63) is 27.7 Å². The molecule has 2 nitrogen and oxygen atoms in total. The quantitative estimate of drug-likeness (QED) is 0.865. The van der Waals surface area contributed by atoms with Gasteiger partial charge in [-0.3, -0.25) is 0 Å². The van der Waals surface area contributed by atoms with Gasteiger partial charge in [-0.2, -0.15) is 13.2 Å². The van der Waals surface area contributed by atoms with Gasteiger partial charge in [-0.15, -0.1) is 12.4 Å². The fourth-order valence-corrected chi connectivity index (χ4v) is 1.91. The number of hydrogen-bond donors (Lipinski definition) is 2. The van der Waals surface area contributed by atoms with E-state index in [1.807, 2.05) is 0 Å².